The van der Waals surface area contributed by atoms with Crippen LogP contribution in [0.25, 0.3) is 0 Å². The summed E-state index contributed by atoms with van der Waals surface area (Å²) in [7, 11) is 0. The van der Waals surface area contributed by atoms with Crippen molar-refractivity contribution in [2.24, 2.45) is 0 Å². The van der Waals surface area contributed by atoms with Gasteiger partial charge in [0.15, 0.2) is 0 Å². The summed E-state index contributed by atoms with van der Waals surface area (Å²) in [4.78, 5) is 0. The van der Waals surface area contributed by atoms with Gasteiger partial charge in [-0.05, 0) is 36.8 Å². The van der Waals surface area contributed by atoms with Gasteiger partial charge in [-0.3, -0.25) is 0 Å². The number of rotatable bonds is 7. The fourth-order valence-electron chi connectivity index (χ4n) is 2.20. The van der Waals surface area contributed by atoms with E-state index in [9.17, 15) is 5.11 Å². The summed E-state index contributed by atoms with van der Waals surface area (Å²) in [6, 6.07) is 15.4. The molecule has 1 atom stereocenters. The fraction of sp³-hybridized carbons (Fsp3) is 0.294. The molecule has 2 aromatic carbocycles. The number of phenols is 1. The van der Waals surface area contributed by atoms with Crippen molar-refractivity contribution in [2.45, 2.75) is 19.4 Å². The van der Waals surface area contributed by atoms with E-state index in [1.807, 2.05) is 42.5 Å². The molecule has 0 radical (unpaired) electrons. The topological polar surface area (TPSA) is 41.5 Å². The molecule has 0 aliphatic heterocycles. The van der Waals surface area contributed by atoms with E-state index in [4.69, 9.17) is 4.74 Å². The highest BCUT2D eigenvalue weighted by Gasteiger charge is 2.13. The summed E-state index contributed by atoms with van der Waals surface area (Å²) < 4.78 is 6.63. The number of benzene rings is 2. The minimum Gasteiger partial charge on any atom is -0.508 e. The van der Waals surface area contributed by atoms with Crippen molar-refractivity contribution in [1.82, 2.24) is 5.32 Å². The van der Waals surface area contributed by atoms with Gasteiger partial charge in [-0.2, -0.15) is 0 Å². The van der Waals surface area contributed by atoms with Crippen LogP contribution in [-0.4, -0.2) is 18.3 Å². The lowest BCUT2D eigenvalue weighted by Gasteiger charge is -2.19. The van der Waals surface area contributed by atoms with Crippen molar-refractivity contribution < 1.29 is 9.84 Å². The van der Waals surface area contributed by atoms with Crippen LogP contribution in [0.4, 0.5) is 0 Å². The molecule has 21 heavy (non-hydrogen) atoms. The Hall–Kier alpha value is -1.52. The Balaban J connectivity index is 1.86. The molecular weight excluding hydrogens is 330 g/mol. The monoisotopic (exact) mass is 349 g/mol. The van der Waals surface area contributed by atoms with E-state index in [-0.39, 0.29) is 6.04 Å². The van der Waals surface area contributed by atoms with E-state index in [0.717, 1.165) is 28.8 Å². The number of ether oxygens (including phenoxy) is 1. The molecule has 0 amide bonds. The minimum atomic E-state index is 0.113. The van der Waals surface area contributed by atoms with Gasteiger partial charge < -0.3 is 15.2 Å². The molecule has 1 unspecified atom stereocenters. The molecular formula is C17H20BrNO2. The molecule has 2 N–H and O–H groups in total. The molecule has 4 heteroatoms. The van der Waals surface area contributed by atoms with Crippen molar-refractivity contribution in [3.05, 3.63) is 58.6 Å². The summed E-state index contributed by atoms with van der Waals surface area (Å²) in [6.07, 6.45) is 0.898. The molecule has 112 valence electrons. The Kier molecular flexibility index (Phi) is 6.08. The van der Waals surface area contributed by atoms with Gasteiger partial charge in [-0.25, -0.2) is 0 Å². The molecule has 0 aromatic heterocycles. The lowest BCUT2D eigenvalue weighted by molar-refractivity contribution is 0.303. The lowest BCUT2D eigenvalue weighted by Crippen LogP contribution is -2.26. The average Bonchev–Trinajstić information content (AvgIpc) is 2.51. The molecule has 0 bridgehead atoms. The fourth-order valence-corrected chi connectivity index (χ4v) is 2.58. The summed E-state index contributed by atoms with van der Waals surface area (Å²) >= 11 is 3.44. The standard InChI is InChI=1S/C17H20BrNO2/c1-2-16(15-12-13(18)8-9-17(15)20)19-10-11-21-14-6-4-3-5-7-14/h3-9,12,16,19-20H,2,10-11H2,1H3. The van der Waals surface area contributed by atoms with Crippen LogP contribution in [-0.2, 0) is 0 Å². The van der Waals surface area contributed by atoms with Gasteiger partial charge in [0.25, 0.3) is 0 Å². The molecule has 0 heterocycles. The number of aromatic hydroxyl groups is 1. The van der Waals surface area contributed by atoms with E-state index in [0.29, 0.717) is 12.4 Å². The van der Waals surface area contributed by atoms with Crippen LogP contribution in [0.15, 0.2) is 53.0 Å². The Bertz CT molecular complexity index is 560. The molecule has 0 saturated carbocycles. The molecule has 2 aromatic rings. The third-order valence-electron chi connectivity index (χ3n) is 3.28. The first-order valence-corrected chi connectivity index (χ1v) is 7.89. The van der Waals surface area contributed by atoms with Gasteiger partial charge in [0.1, 0.15) is 18.1 Å². The Morgan fingerprint density at radius 2 is 1.95 bits per heavy atom. The smallest absolute Gasteiger partial charge is 0.120 e. The zero-order valence-electron chi connectivity index (χ0n) is 12.1. The number of para-hydroxylation sites is 1. The highest BCUT2D eigenvalue weighted by molar-refractivity contribution is 9.10. The van der Waals surface area contributed by atoms with Crippen molar-refractivity contribution in [1.29, 1.82) is 0 Å². The first-order valence-electron chi connectivity index (χ1n) is 7.10. The zero-order chi connectivity index (χ0) is 15.1. The highest BCUT2D eigenvalue weighted by Crippen LogP contribution is 2.29. The Morgan fingerprint density at radius 1 is 1.19 bits per heavy atom. The third kappa shape index (κ3) is 4.76. The number of hydrogen-bond donors (Lipinski definition) is 2. The van der Waals surface area contributed by atoms with Gasteiger partial charge in [0.2, 0.25) is 0 Å². The predicted molar refractivity (Wildman–Crippen MR) is 88.8 cm³/mol. The largest absolute Gasteiger partial charge is 0.508 e. The van der Waals surface area contributed by atoms with Gasteiger partial charge in [0, 0.05) is 22.6 Å². The summed E-state index contributed by atoms with van der Waals surface area (Å²) in [5.41, 5.74) is 0.909. The molecule has 0 fully saturated rings. The number of nitrogens with one attached hydrogen (secondary N) is 1. The number of hydrogen-bond acceptors (Lipinski definition) is 3. The third-order valence-corrected chi connectivity index (χ3v) is 3.77. The van der Waals surface area contributed by atoms with Crippen LogP contribution < -0.4 is 10.1 Å². The van der Waals surface area contributed by atoms with E-state index >= 15 is 0 Å². The summed E-state index contributed by atoms with van der Waals surface area (Å²) in [5.74, 6) is 1.19. The van der Waals surface area contributed by atoms with Crippen LogP contribution in [0.3, 0.4) is 0 Å². The van der Waals surface area contributed by atoms with Gasteiger partial charge in [-0.1, -0.05) is 41.1 Å². The van der Waals surface area contributed by atoms with Gasteiger partial charge in [0.05, 0.1) is 0 Å². The number of halogens is 1. The summed E-state index contributed by atoms with van der Waals surface area (Å²) in [6.45, 7) is 3.41. The van der Waals surface area contributed by atoms with E-state index in [1.54, 1.807) is 6.07 Å². The molecule has 0 aliphatic rings. The van der Waals surface area contributed by atoms with Crippen LogP contribution in [0.1, 0.15) is 24.9 Å². The second-order valence-electron chi connectivity index (χ2n) is 4.78. The maximum atomic E-state index is 9.98. The highest BCUT2D eigenvalue weighted by atomic mass is 79.9. The second kappa shape index (κ2) is 8.05. The maximum Gasteiger partial charge on any atom is 0.120 e. The van der Waals surface area contributed by atoms with Crippen LogP contribution in [0.5, 0.6) is 11.5 Å². The molecule has 0 saturated heterocycles. The Morgan fingerprint density at radius 3 is 2.67 bits per heavy atom. The van der Waals surface area contributed by atoms with Crippen molar-refractivity contribution in [2.75, 3.05) is 13.2 Å². The zero-order valence-corrected chi connectivity index (χ0v) is 13.6. The second-order valence-corrected chi connectivity index (χ2v) is 5.70. The lowest BCUT2D eigenvalue weighted by atomic mass is 10.0. The Labute approximate surface area is 134 Å². The van der Waals surface area contributed by atoms with Crippen LogP contribution >= 0.6 is 15.9 Å². The average molecular weight is 350 g/mol. The first kappa shape index (κ1) is 15.9. The van der Waals surface area contributed by atoms with Crippen molar-refractivity contribution in [3.63, 3.8) is 0 Å². The number of phenolic OH excluding ortho intramolecular Hbond substituents is 1. The first-order chi connectivity index (χ1) is 10.2. The normalized spacial score (nSPS) is 12.1. The quantitative estimate of drug-likeness (QED) is 0.733. The van der Waals surface area contributed by atoms with E-state index in [1.165, 1.54) is 0 Å². The van der Waals surface area contributed by atoms with Crippen molar-refractivity contribution in [3.8, 4) is 11.5 Å². The SMILES string of the molecule is CCC(NCCOc1ccccc1)c1cc(Br)ccc1O. The van der Waals surface area contributed by atoms with E-state index in [2.05, 4.69) is 28.2 Å². The molecule has 3 nitrogen and oxygen atoms in total. The predicted octanol–water partition coefficient (Wildman–Crippen LogP) is 4.27. The van der Waals surface area contributed by atoms with Crippen LogP contribution in [0.2, 0.25) is 0 Å². The van der Waals surface area contributed by atoms with Gasteiger partial charge >= 0.3 is 0 Å². The summed E-state index contributed by atoms with van der Waals surface area (Å²) in [5, 5.41) is 13.4. The van der Waals surface area contributed by atoms with Crippen molar-refractivity contribution >= 4 is 15.9 Å². The maximum absolute atomic E-state index is 9.98. The van der Waals surface area contributed by atoms with E-state index < -0.39 is 0 Å². The van der Waals surface area contributed by atoms with Gasteiger partial charge in [-0.15, -0.1) is 0 Å². The molecule has 0 aliphatic carbocycles. The molecule has 0 spiro atoms. The minimum absolute atomic E-state index is 0.113. The van der Waals surface area contributed by atoms with Crippen LogP contribution in [0, 0.1) is 0 Å². The molecule has 2 rings (SSSR count).